The highest BCUT2D eigenvalue weighted by molar-refractivity contribution is 5.95. The van der Waals surface area contributed by atoms with Gasteiger partial charge in [-0.25, -0.2) is 15.4 Å². The lowest BCUT2D eigenvalue weighted by molar-refractivity contribution is -1.01. The van der Waals surface area contributed by atoms with Crippen LogP contribution in [-0.2, 0) is 6.54 Å². The maximum absolute atomic E-state index is 12.2. The number of imidazole rings is 1. The zero-order valence-corrected chi connectivity index (χ0v) is 22.8. The van der Waals surface area contributed by atoms with Crippen LogP contribution in [0.25, 0.3) is 28.0 Å². The van der Waals surface area contributed by atoms with Gasteiger partial charge in [0.05, 0.1) is 29.3 Å². The van der Waals surface area contributed by atoms with Gasteiger partial charge in [-0.1, -0.05) is 36.1 Å². The number of hydrogen-bond donors (Lipinski definition) is 4. The lowest BCUT2D eigenvalue weighted by Gasteiger charge is -2.26. The van der Waals surface area contributed by atoms with E-state index >= 15 is 0 Å². The Morgan fingerprint density at radius 3 is 2.44 bits per heavy atom. The first-order valence-corrected chi connectivity index (χ1v) is 13.7. The van der Waals surface area contributed by atoms with Crippen molar-refractivity contribution in [2.24, 2.45) is 0 Å². The molecule has 1 aliphatic heterocycles. The molecule has 1 fully saturated rings. The summed E-state index contributed by atoms with van der Waals surface area (Å²) in [6.45, 7) is 5.73. The first-order chi connectivity index (χ1) is 20.1. The van der Waals surface area contributed by atoms with E-state index in [1.54, 1.807) is 27.7 Å². The lowest BCUT2D eigenvalue weighted by atomic mass is 10.0. The second kappa shape index (κ2) is 11.7. The minimum atomic E-state index is -0.631. The van der Waals surface area contributed by atoms with Crippen molar-refractivity contribution < 1.29 is 19.8 Å². The summed E-state index contributed by atoms with van der Waals surface area (Å²) in [4.78, 5) is 29.1. The smallest absolute Gasteiger partial charge is 0.276 e. The Morgan fingerprint density at radius 2 is 1.68 bits per heavy atom. The fourth-order valence-electron chi connectivity index (χ4n) is 5.12. The van der Waals surface area contributed by atoms with Crippen LogP contribution in [0.1, 0.15) is 27.2 Å². The third-order valence-electron chi connectivity index (χ3n) is 7.53. The monoisotopic (exact) mass is 545 g/mol. The lowest BCUT2D eigenvalue weighted by Crippen LogP contribution is -3.26. The second-order valence-corrected chi connectivity index (χ2v) is 10.4. The summed E-state index contributed by atoms with van der Waals surface area (Å²) in [5.74, 6) is 6.43. The Kier molecular flexibility index (Phi) is 7.52. The van der Waals surface area contributed by atoms with E-state index in [1.165, 1.54) is 32.4 Å². The molecule has 0 radical (unpaired) electrons. The minimum Gasteiger partial charge on any atom is -0.328 e. The van der Waals surface area contributed by atoms with Crippen LogP contribution in [0.4, 0.5) is 0 Å². The van der Waals surface area contributed by atoms with Crippen molar-refractivity contribution in [3.63, 3.8) is 0 Å². The number of aromatic nitrogens is 4. The Bertz CT molecular complexity index is 1740. The average molecular weight is 546 g/mol. The number of nitrogens with one attached hydrogen (secondary N) is 3. The van der Waals surface area contributed by atoms with E-state index in [4.69, 9.17) is 5.21 Å². The molecule has 0 atom stereocenters. The number of carbonyl (C=O) groups is 1. The van der Waals surface area contributed by atoms with Gasteiger partial charge in [-0.15, -0.1) is 0 Å². The standard InChI is InChI=1S/C32H29N7O2/c1-37-14-16-38(17-15-37)21-27-13-10-24(19-33-27)7-6-23-8-11-25(12-9-23)28-18-26(32(40)36-41)20-34-31(28)39-22-35-29-4-2-3-5-30(29)39/h2-5,8-13,18-20,22,41H,14-17,21H2,1H3,(H,36,40)/p+2. The number of pyridine rings is 2. The van der Waals surface area contributed by atoms with Gasteiger partial charge >= 0.3 is 0 Å². The highest BCUT2D eigenvalue weighted by Crippen LogP contribution is 2.29. The molecule has 4 heterocycles. The van der Waals surface area contributed by atoms with E-state index in [2.05, 4.69) is 39.9 Å². The second-order valence-electron chi connectivity index (χ2n) is 10.4. The van der Waals surface area contributed by atoms with Gasteiger partial charge in [-0.2, -0.15) is 0 Å². The number of likely N-dealkylation sites (N-methyl/N-ethyl adjacent to an activating group) is 1. The van der Waals surface area contributed by atoms with Crippen molar-refractivity contribution in [2.75, 3.05) is 33.2 Å². The summed E-state index contributed by atoms with van der Waals surface area (Å²) >= 11 is 0. The van der Waals surface area contributed by atoms with Gasteiger partial charge in [0.2, 0.25) is 0 Å². The molecule has 204 valence electrons. The average Bonchev–Trinajstić information content (AvgIpc) is 3.45. The van der Waals surface area contributed by atoms with Gasteiger partial charge in [-0.05, 0) is 48.0 Å². The molecule has 0 saturated carbocycles. The van der Waals surface area contributed by atoms with Gasteiger partial charge in [-0.3, -0.25) is 19.6 Å². The highest BCUT2D eigenvalue weighted by Gasteiger charge is 2.20. The molecule has 41 heavy (non-hydrogen) atoms. The minimum absolute atomic E-state index is 0.241. The number of quaternary nitrogens is 2. The predicted molar refractivity (Wildman–Crippen MR) is 155 cm³/mol. The molecular formula is C32H31N7O2+2. The molecule has 0 bridgehead atoms. The van der Waals surface area contributed by atoms with Crippen molar-refractivity contribution >= 4 is 16.9 Å². The highest BCUT2D eigenvalue weighted by atomic mass is 16.5. The van der Waals surface area contributed by atoms with Crippen LogP contribution in [-0.4, -0.2) is 63.9 Å². The molecule has 6 rings (SSSR count). The molecule has 9 nitrogen and oxygen atoms in total. The van der Waals surface area contributed by atoms with Crippen LogP contribution in [0.5, 0.6) is 0 Å². The van der Waals surface area contributed by atoms with Crippen molar-refractivity contribution in [3.05, 3.63) is 108 Å². The zero-order valence-electron chi connectivity index (χ0n) is 22.8. The summed E-state index contributed by atoms with van der Waals surface area (Å²) in [5, 5.41) is 9.17. The van der Waals surface area contributed by atoms with E-state index in [1.807, 2.05) is 65.4 Å². The largest absolute Gasteiger partial charge is 0.328 e. The van der Waals surface area contributed by atoms with Crippen molar-refractivity contribution in [1.29, 1.82) is 0 Å². The Balaban J connectivity index is 1.24. The summed E-state index contributed by atoms with van der Waals surface area (Å²) in [5.41, 5.74) is 8.06. The first kappa shape index (κ1) is 26.3. The van der Waals surface area contributed by atoms with Crippen molar-refractivity contribution in [2.45, 2.75) is 6.54 Å². The maximum Gasteiger partial charge on any atom is 0.276 e. The van der Waals surface area contributed by atoms with Crippen molar-refractivity contribution in [3.8, 4) is 28.8 Å². The predicted octanol–water partition coefficient (Wildman–Crippen LogP) is 0.915. The first-order valence-electron chi connectivity index (χ1n) is 13.7. The molecule has 0 unspecified atom stereocenters. The van der Waals surface area contributed by atoms with Crippen LogP contribution < -0.4 is 15.3 Å². The number of para-hydroxylation sites is 2. The van der Waals surface area contributed by atoms with E-state index in [9.17, 15) is 4.79 Å². The molecule has 1 amide bonds. The number of carbonyl (C=O) groups excluding carboxylic acids is 1. The fraction of sp³-hybridized carbons (Fsp3) is 0.188. The topological polar surface area (TPSA) is 102 Å². The van der Waals surface area contributed by atoms with Gasteiger partial charge in [0.1, 0.15) is 44.9 Å². The number of piperazine rings is 1. The van der Waals surface area contributed by atoms with Crippen molar-refractivity contribution in [1.82, 2.24) is 25.0 Å². The number of hydroxylamine groups is 1. The summed E-state index contributed by atoms with van der Waals surface area (Å²) in [6, 6.07) is 21.4. The Morgan fingerprint density at radius 1 is 0.927 bits per heavy atom. The van der Waals surface area contributed by atoms with E-state index < -0.39 is 5.91 Å². The number of rotatable bonds is 5. The normalized spacial score (nSPS) is 16.6. The van der Waals surface area contributed by atoms with Crippen LogP contribution in [0.2, 0.25) is 0 Å². The number of amides is 1. The fourth-order valence-corrected chi connectivity index (χ4v) is 5.12. The summed E-state index contributed by atoms with van der Waals surface area (Å²) in [7, 11) is 2.25. The molecule has 0 spiro atoms. The van der Waals surface area contributed by atoms with Crippen LogP contribution in [0, 0.1) is 11.8 Å². The molecule has 0 aliphatic carbocycles. The quantitative estimate of drug-likeness (QED) is 0.150. The molecule has 9 heteroatoms. The molecule has 4 N–H and O–H groups in total. The van der Waals surface area contributed by atoms with Gasteiger partial charge in [0.25, 0.3) is 5.91 Å². The zero-order chi connectivity index (χ0) is 28.2. The van der Waals surface area contributed by atoms with E-state index in [0.717, 1.165) is 45.5 Å². The van der Waals surface area contributed by atoms with E-state index in [-0.39, 0.29) is 5.56 Å². The van der Waals surface area contributed by atoms with Gasteiger partial charge in [0, 0.05) is 29.1 Å². The Labute approximate surface area is 238 Å². The van der Waals surface area contributed by atoms with E-state index in [0.29, 0.717) is 5.82 Å². The number of benzene rings is 2. The third-order valence-corrected chi connectivity index (χ3v) is 7.53. The van der Waals surface area contributed by atoms with Crippen LogP contribution in [0.15, 0.2) is 85.5 Å². The van der Waals surface area contributed by atoms with Crippen LogP contribution in [0.3, 0.4) is 0 Å². The number of fused-ring (bicyclic) bond motifs is 1. The molecule has 5 aromatic rings. The summed E-state index contributed by atoms with van der Waals surface area (Å²) in [6.07, 6.45) is 5.00. The maximum atomic E-state index is 12.2. The van der Waals surface area contributed by atoms with Gasteiger partial charge in [0.15, 0.2) is 0 Å². The molecule has 1 aliphatic rings. The third kappa shape index (κ3) is 5.85. The number of nitrogens with zero attached hydrogens (tertiary/aromatic N) is 4. The van der Waals surface area contributed by atoms with Crippen LogP contribution >= 0.6 is 0 Å². The molecule has 2 aromatic carbocycles. The molecule has 3 aromatic heterocycles. The molecular weight excluding hydrogens is 514 g/mol. The molecule has 1 saturated heterocycles. The SMILES string of the molecule is C[NH+]1CC[NH+](Cc2ccc(C#Cc3ccc(-c4cc(C(=O)NO)cnc4-n4cnc5ccccc54)cc3)cn2)CC1. The number of hydrogen-bond acceptors (Lipinski definition) is 5. The Hall–Kier alpha value is -4.88. The van der Waals surface area contributed by atoms with Gasteiger partial charge < -0.3 is 9.80 Å². The summed E-state index contributed by atoms with van der Waals surface area (Å²) < 4.78 is 1.89.